The van der Waals surface area contributed by atoms with Crippen LogP contribution in [0.5, 0.6) is 0 Å². The number of rotatable bonds is 7. The highest BCUT2D eigenvalue weighted by Gasteiger charge is 2.31. The molecule has 1 heterocycles. The van der Waals surface area contributed by atoms with Crippen LogP contribution in [0.15, 0.2) is 12.4 Å². The average molecular weight is 251 g/mol. The van der Waals surface area contributed by atoms with E-state index in [0.29, 0.717) is 12.1 Å². The molecule has 1 aliphatic carbocycles. The number of hydrogen-bond donors (Lipinski definition) is 1. The van der Waals surface area contributed by atoms with E-state index in [0.717, 1.165) is 18.9 Å². The van der Waals surface area contributed by atoms with Crippen molar-refractivity contribution in [3.63, 3.8) is 0 Å². The van der Waals surface area contributed by atoms with E-state index < -0.39 is 0 Å². The summed E-state index contributed by atoms with van der Waals surface area (Å²) < 4.78 is 7.48. The van der Waals surface area contributed by atoms with Crippen molar-refractivity contribution in [2.24, 2.45) is 13.0 Å². The van der Waals surface area contributed by atoms with E-state index in [-0.39, 0.29) is 0 Å². The number of nitrogens with one attached hydrogen (secondary N) is 1. The van der Waals surface area contributed by atoms with Crippen molar-refractivity contribution in [1.29, 1.82) is 0 Å². The smallest absolute Gasteiger partial charge is 0.0580 e. The molecule has 1 N–H and O–H groups in total. The van der Waals surface area contributed by atoms with Crippen molar-refractivity contribution in [3.8, 4) is 0 Å². The predicted molar refractivity (Wildman–Crippen MR) is 72.5 cm³/mol. The fourth-order valence-electron chi connectivity index (χ4n) is 2.81. The topological polar surface area (TPSA) is 39.1 Å². The second kappa shape index (κ2) is 6.34. The van der Waals surface area contributed by atoms with Crippen LogP contribution in [0.1, 0.15) is 31.7 Å². The highest BCUT2D eigenvalue weighted by molar-refractivity contribution is 5.06. The van der Waals surface area contributed by atoms with Gasteiger partial charge in [0.2, 0.25) is 0 Å². The van der Waals surface area contributed by atoms with Gasteiger partial charge in [0.15, 0.2) is 0 Å². The third-order valence-corrected chi connectivity index (χ3v) is 3.86. The zero-order chi connectivity index (χ0) is 13.0. The van der Waals surface area contributed by atoms with Gasteiger partial charge in [-0.15, -0.1) is 0 Å². The zero-order valence-electron chi connectivity index (χ0n) is 11.7. The summed E-state index contributed by atoms with van der Waals surface area (Å²) in [5.74, 6) is 0.829. The summed E-state index contributed by atoms with van der Waals surface area (Å²) in [7, 11) is 4.02. The first-order valence-corrected chi connectivity index (χ1v) is 6.97. The van der Waals surface area contributed by atoms with Gasteiger partial charge >= 0.3 is 0 Å². The highest BCUT2D eigenvalue weighted by atomic mass is 16.5. The maximum atomic E-state index is 5.61. The third-order valence-electron chi connectivity index (χ3n) is 3.86. The van der Waals surface area contributed by atoms with E-state index in [2.05, 4.69) is 30.6 Å². The minimum absolute atomic E-state index is 0.524. The van der Waals surface area contributed by atoms with Crippen LogP contribution in [0.25, 0.3) is 0 Å². The molecule has 0 spiro atoms. The predicted octanol–water partition coefficient (Wildman–Crippen LogP) is 1.76. The van der Waals surface area contributed by atoms with Gasteiger partial charge in [0.05, 0.1) is 12.3 Å². The lowest BCUT2D eigenvalue weighted by atomic mass is 9.77. The Labute approximate surface area is 110 Å². The largest absolute Gasteiger partial charge is 0.378 e. The van der Waals surface area contributed by atoms with Crippen molar-refractivity contribution in [2.45, 2.75) is 44.8 Å². The number of aromatic nitrogens is 2. The molecule has 0 saturated heterocycles. The Morgan fingerprint density at radius 1 is 1.56 bits per heavy atom. The van der Waals surface area contributed by atoms with Gasteiger partial charge in [-0.05, 0) is 51.1 Å². The highest BCUT2D eigenvalue weighted by Crippen LogP contribution is 2.33. The lowest BCUT2D eigenvalue weighted by Gasteiger charge is -2.37. The third kappa shape index (κ3) is 3.56. The molecule has 1 aliphatic rings. The van der Waals surface area contributed by atoms with Crippen LogP contribution in [-0.4, -0.2) is 35.6 Å². The Hall–Kier alpha value is -0.870. The van der Waals surface area contributed by atoms with Gasteiger partial charge in [0, 0.05) is 25.9 Å². The van der Waals surface area contributed by atoms with Gasteiger partial charge in [0.25, 0.3) is 0 Å². The number of aryl methyl sites for hydroxylation is 1. The van der Waals surface area contributed by atoms with Gasteiger partial charge in [-0.25, -0.2) is 0 Å². The van der Waals surface area contributed by atoms with Crippen LogP contribution in [0.3, 0.4) is 0 Å². The molecule has 0 aromatic carbocycles. The van der Waals surface area contributed by atoms with Crippen LogP contribution in [0, 0.1) is 5.92 Å². The lowest BCUT2D eigenvalue weighted by molar-refractivity contribution is -0.0288. The molecule has 1 unspecified atom stereocenters. The van der Waals surface area contributed by atoms with E-state index in [4.69, 9.17) is 4.74 Å². The SMILES string of the molecule is CCOC1CC(CC(Cc2cnn(C)c2)NC)C1. The van der Waals surface area contributed by atoms with Gasteiger partial charge in [-0.1, -0.05) is 0 Å². The Morgan fingerprint density at radius 2 is 2.33 bits per heavy atom. The molecular weight excluding hydrogens is 226 g/mol. The molecule has 102 valence electrons. The van der Waals surface area contributed by atoms with Crippen molar-refractivity contribution in [2.75, 3.05) is 13.7 Å². The second-order valence-corrected chi connectivity index (χ2v) is 5.36. The molecule has 4 heteroatoms. The van der Waals surface area contributed by atoms with Crippen molar-refractivity contribution >= 4 is 0 Å². The molecule has 1 atom stereocenters. The van der Waals surface area contributed by atoms with Crippen LogP contribution in [-0.2, 0) is 18.2 Å². The number of nitrogens with zero attached hydrogens (tertiary/aromatic N) is 2. The number of ether oxygens (including phenoxy) is 1. The summed E-state index contributed by atoms with van der Waals surface area (Å²) in [6, 6.07) is 0.557. The summed E-state index contributed by atoms with van der Waals surface area (Å²) in [4.78, 5) is 0. The van der Waals surface area contributed by atoms with Crippen LogP contribution < -0.4 is 5.32 Å². The maximum absolute atomic E-state index is 5.61. The summed E-state index contributed by atoms with van der Waals surface area (Å²) >= 11 is 0. The molecule has 0 bridgehead atoms. The van der Waals surface area contributed by atoms with Gasteiger partial charge in [0.1, 0.15) is 0 Å². The van der Waals surface area contributed by atoms with Gasteiger partial charge in [-0.2, -0.15) is 5.10 Å². The first-order valence-electron chi connectivity index (χ1n) is 6.97. The molecule has 1 aromatic rings. The Kier molecular flexibility index (Phi) is 4.78. The summed E-state index contributed by atoms with van der Waals surface area (Å²) in [6.07, 6.45) is 9.38. The van der Waals surface area contributed by atoms with Crippen molar-refractivity contribution in [3.05, 3.63) is 18.0 Å². The van der Waals surface area contributed by atoms with Crippen LogP contribution in [0.2, 0.25) is 0 Å². The Balaban J connectivity index is 1.73. The summed E-state index contributed by atoms with van der Waals surface area (Å²) in [5, 5.41) is 7.65. The lowest BCUT2D eigenvalue weighted by Crippen LogP contribution is -2.37. The minimum Gasteiger partial charge on any atom is -0.378 e. The van der Waals surface area contributed by atoms with Gasteiger partial charge < -0.3 is 10.1 Å². The molecule has 18 heavy (non-hydrogen) atoms. The Morgan fingerprint density at radius 3 is 2.89 bits per heavy atom. The first-order chi connectivity index (χ1) is 8.71. The quantitative estimate of drug-likeness (QED) is 0.802. The molecule has 2 rings (SSSR count). The first kappa shape index (κ1) is 13.6. The summed E-state index contributed by atoms with van der Waals surface area (Å²) in [6.45, 7) is 2.93. The molecule has 1 aromatic heterocycles. The second-order valence-electron chi connectivity index (χ2n) is 5.36. The van der Waals surface area contributed by atoms with E-state index in [1.807, 2.05) is 17.9 Å². The van der Waals surface area contributed by atoms with Crippen molar-refractivity contribution < 1.29 is 4.74 Å². The zero-order valence-corrected chi connectivity index (χ0v) is 11.7. The van der Waals surface area contributed by atoms with Crippen LogP contribution in [0.4, 0.5) is 0 Å². The molecule has 0 amide bonds. The van der Waals surface area contributed by atoms with E-state index in [1.54, 1.807) is 0 Å². The van der Waals surface area contributed by atoms with E-state index in [9.17, 15) is 0 Å². The minimum atomic E-state index is 0.524. The number of likely N-dealkylation sites (N-methyl/N-ethyl adjacent to an activating group) is 1. The molecular formula is C14H25N3O. The molecule has 0 radical (unpaired) electrons. The van der Waals surface area contributed by atoms with E-state index in [1.165, 1.54) is 24.8 Å². The summed E-state index contributed by atoms with van der Waals surface area (Å²) in [5.41, 5.74) is 1.32. The standard InChI is InChI=1S/C14H25N3O/c1-4-18-14-7-11(8-14)5-13(15-2)6-12-9-16-17(3)10-12/h9-11,13-15H,4-8H2,1-3H3. The number of hydrogen-bond acceptors (Lipinski definition) is 3. The van der Waals surface area contributed by atoms with Crippen molar-refractivity contribution in [1.82, 2.24) is 15.1 Å². The molecule has 0 aliphatic heterocycles. The van der Waals surface area contributed by atoms with E-state index >= 15 is 0 Å². The Bertz CT molecular complexity index is 358. The molecule has 4 nitrogen and oxygen atoms in total. The van der Waals surface area contributed by atoms with Gasteiger partial charge in [-0.3, -0.25) is 4.68 Å². The average Bonchev–Trinajstić information content (AvgIpc) is 2.70. The fourth-order valence-corrected chi connectivity index (χ4v) is 2.81. The fraction of sp³-hybridized carbons (Fsp3) is 0.786. The molecule has 1 fully saturated rings. The normalized spacial score (nSPS) is 24.8. The maximum Gasteiger partial charge on any atom is 0.0580 e. The molecule has 1 saturated carbocycles. The van der Waals surface area contributed by atoms with Crippen LogP contribution >= 0.6 is 0 Å². The monoisotopic (exact) mass is 251 g/mol.